The highest BCUT2D eigenvalue weighted by Gasteiger charge is 2.10. The fourth-order valence-corrected chi connectivity index (χ4v) is 2.58. The van der Waals surface area contributed by atoms with Crippen molar-refractivity contribution < 1.29 is 4.79 Å². The molecule has 8 heteroatoms. The molecule has 0 aliphatic heterocycles. The molecule has 0 saturated carbocycles. The number of carbonyl (C=O) groups is 1. The molecule has 0 atom stereocenters. The first kappa shape index (κ1) is 15.8. The summed E-state index contributed by atoms with van der Waals surface area (Å²) in [6, 6.07) is 7.44. The second kappa shape index (κ2) is 7.06. The third-order valence-corrected chi connectivity index (χ3v) is 3.83. The number of rotatable bonds is 5. The molecule has 1 amide bonds. The number of amides is 1. The van der Waals surface area contributed by atoms with Crippen LogP contribution >= 0.6 is 0 Å². The van der Waals surface area contributed by atoms with Crippen LogP contribution in [0.4, 0.5) is 0 Å². The van der Waals surface area contributed by atoms with Gasteiger partial charge in [0.2, 0.25) is 0 Å². The Bertz CT molecular complexity index is 1050. The van der Waals surface area contributed by atoms with E-state index in [0.29, 0.717) is 35.8 Å². The summed E-state index contributed by atoms with van der Waals surface area (Å²) in [5.74, 6) is 0.447. The Hall–Kier alpha value is -3.68. The smallest absolute Gasteiger partial charge is 0.271 e. The van der Waals surface area contributed by atoms with Gasteiger partial charge in [-0.15, -0.1) is 0 Å². The lowest BCUT2D eigenvalue weighted by Crippen LogP contribution is -2.28. The number of hydrogen-bond donors (Lipinski definition) is 1. The fraction of sp³-hybridized carbons (Fsp3) is 0.111. The maximum absolute atomic E-state index is 12.3. The zero-order chi connectivity index (χ0) is 17.8. The molecule has 3 heterocycles. The average Bonchev–Trinajstić information content (AvgIpc) is 3.17. The molecule has 0 aliphatic rings. The Balaban J connectivity index is 1.42. The maximum Gasteiger partial charge on any atom is 0.271 e. The number of benzene rings is 1. The number of carbonyl (C=O) groups excluding carboxylic acids is 1. The highest BCUT2D eigenvalue weighted by Crippen LogP contribution is 2.12. The van der Waals surface area contributed by atoms with Crippen molar-refractivity contribution in [1.29, 1.82) is 0 Å². The fourth-order valence-electron chi connectivity index (χ4n) is 2.58. The van der Waals surface area contributed by atoms with Crippen molar-refractivity contribution in [3.63, 3.8) is 0 Å². The van der Waals surface area contributed by atoms with Crippen molar-refractivity contribution in [1.82, 2.24) is 34.8 Å². The van der Waals surface area contributed by atoms with Crippen LogP contribution in [0.2, 0.25) is 0 Å². The van der Waals surface area contributed by atoms with Gasteiger partial charge in [0.05, 0.1) is 23.4 Å². The summed E-state index contributed by atoms with van der Waals surface area (Å²) in [5, 5.41) is 2.85. The van der Waals surface area contributed by atoms with E-state index in [4.69, 9.17) is 0 Å². The molecule has 26 heavy (non-hydrogen) atoms. The molecule has 4 rings (SSSR count). The second-order valence-corrected chi connectivity index (χ2v) is 5.53. The van der Waals surface area contributed by atoms with Crippen molar-refractivity contribution in [2.45, 2.75) is 6.54 Å². The lowest BCUT2D eigenvalue weighted by atomic mass is 10.3. The largest absolute Gasteiger partial charge is 0.349 e. The lowest BCUT2D eigenvalue weighted by Gasteiger charge is -2.08. The summed E-state index contributed by atoms with van der Waals surface area (Å²) in [7, 11) is 0. The summed E-state index contributed by atoms with van der Waals surface area (Å²) in [6.07, 6.45) is 9.91. The van der Waals surface area contributed by atoms with Crippen molar-refractivity contribution in [3.05, 3.63) is 67.1 Å². The molecule has 0 unspecified atom stereocenters. The van der Waals surface area contributed by atoms with Crippen LogP contribution in [0.15, 0.2) is 61.4 Å². The third kappa shape index (κ3) is 3.25. The zero-order valence-electron chi connectivity index (χ0n) is 13.8. The minimum absolute atomic E-state index is 0.260. The van der Waals surface area contributed by atoms with Gasteiger partial charge in [0.25, 0.3) is 5.91 Å². The predicted molar refractivity (Wildman–Crippen MR) is 95.1 cm³/mol. The number of fused-ring (bicyclic) bond motifs is 1. The number of hydrogen-bond acceptors (Lipinski definition) is 6. The van der Waals surface area contributed by atoms with Gasteiger partial charge in [0.1, 0.15) is 11.4 Å². The Kier molecular flexibility index (Phi) is 4.29. The molecule has 0 spiro atoms. The summed E-state index contributed by atoms with van der Waals surface area (Å²) in [6.45, 7) is 0.982. The van der Waals surface area contributed by atoms with E-state index in [-0.39, 0.29) is 5.91 Å². The molecule has 0 radical (unpaired) electrons. The first-order chi connectivity index (χ1) is 12.8. The standard InChI is InChI=1S/C18H15N7O/c26-18(16-12-23-13-3-1-2-4-14(13)24-16)22-8-10-25-9-7-21-17(25)15-11-19-5-6-20-15/h1-7,9,11-12H,8,10H2,(H,22,26). The number of para-hydroxylation sites is 2. The molecule has 8 nitrogen and oxygen atoms in total. The topological polar surface area (TPSA) is 98.5 Å². The summed E-state index contributed by atoms with van der Waals surface area (Å²) in [4.78, 5) is 33.5. The normalized spacial score (nSPS) is 10.8. The van der Waals surface area contributed by atoms with Gasteiger partial charge in [-0.25, -0.2) is 15.0 Å². The number of aromatic nitrogens is 6. The molecule has 0 fully saturated rings. The first-order valence-electron chi connectivity index (χ1n) is 8.09. The molecule has 0 aliphatic carbocycles. The Labute approximate surface area is 149 Å². The zero-order valence-corrected chi connectivity index (χ0v) is 13.8. The summed E-state index contributed by atoms with van der Waals surface area (Å²) < 4.78 is 1.91. The number of nitrogens with one attached hydrogen (secondary N) is 1. The van der Waals surface area contributed by atoms with Crippen LogP contribution in [0.25, 0.3) is 22.6 Å². The van der Waals surface area contributed by atoms with Crippen LogP contribution in [0.5, 0.6) is 0 Å². The van der Waals surface area contributed by atoms with Crippen molar-refractivity contribution in [3.8, 4) is 11.5 Å². The predicted octanol–water partition coefficient (Wildman–Crippen LogP) is 1.71. The van der Waals surface area contributed by atoms with E-state index in [1.54, 1.807) is 24.8 Å². The van der Waals surface area contributed by atoms with Crippen LogP contribution in [0.1, 0.15) is 10.5 Å². The molecule has 0 bridgehead atoms. The molecule has 4 aromatic rings. The average molecular weight is 345 g/mol. The minimum Gasteiger partial charge on any atom is -0.349 e. The molecular weight excluding hydrogens is 330 g/mol. The molecule has 1 aromatic carbocycles. The van der Waals surface area contributed by atoms with E-state index >= 15 is 0 Å². The Morgan fingerprint density at radius 2 is 1.88 bits per heavy atom. The Morgan fingerprint density at radius 1 is 1.00 bits per heavy atom. The van der Waals surface area contributed by atoms with Gasteiger partial charge >= 0.3 is 0 Å². The van der Waals surface area contributed by atoms with E-state index in [2.05, 4.69) is 30.2 Å². The van der Waals surface area contributed by atoms with Crippen LogP contribution < -0.4 is 5.32 Å². The quantitative estimate of drug-likeness (QED) is 0.591. The van der Waals surface area contributed by atoms with Crippen LogP contribution in [0.3, 0.4) is 0 Å². The minimum atomic E-state index is -0.260. The van der Waals surface area contributed by atoms with Gasteiger partial charge in [0, 0.05) is 37.9 Å². The lowest BCUT2D eigenvalue weighted by molar-refractivity contribution is 0.0947. The van der Waals surface area contributed by atoms with Crippen LogP contribution in [0, 0.1) is 0 Å². The third-order valence-electron chi connectivity index (χ3n) is 3.83. The van der Waals surface area contributed by atoms with Gasteiger partial charge in [0.15, 0.2) is 5.82 Å². The highest BCUT2D eigenvalue weighted by atomic mass is 16.1. The molecule has 128 valence electrons. The monoisotopic (exact) mass is 345 g/mol. The van der Waals surface area contributed by atoms with Crippen LogP contribution in [-0.2, 0) is 6.54 Å². The maximum atomic E-state index is 12.3. The van der Waals surface area contributed by atoms with E-state index < -0.39 is 0 Å². The van der Waals surface area contributed by atoms with Crippen molar-refractivity contribution in [2.75, 3.05) is 6.54 Å². The highest BCUT2D eigenvalue weighted by molar-refractivity contribution is 5.93. The van der Waals surface area contributed by atoms with Gasteiger partial charge in [-0.3, -0.25) is 14.8 Å². The van der Waals surface area contributed by atoms with E-state index in [0.717, 1.165) is 5.52 Å². The van der Waals surface area contributed by atoms with Gasteiger partial charge in [-0.2, -0.15) is 0 Å². The molecule has 1 N–H and O–H groups in total. The second-order valence-electron chi connectivity index (χ2n) is 5.53. The van der Waals surface area contributed by atoms with E-state index in [1.807, 2.05) is 35.0 Å². The van der Waals surface area contributed by atoms with Gasteiger partial charge < -0.3 is 9.88 Å². The molecular formula is C18H15N7O. The summed E-state index contributed by atoms with van der Waals surface area (Å²) >= 11 is 0. The first-order valence-corrected chi connectivity index (χ1v) is 8.09. The molecule has 0 saturated heterocycles. The number of imidazole rings is 1. The Morgan fingerprint density at radius 3 is 2.73 bits per heavy atom. The van der Waals surface area contributed by atoms with Crippen LogP contribution in [-0.4, -0.2) is 41.9 Å². The van der Waals surface area contributed by atoms with Crippen molar-refractivity contribution in [2.24, 2.45) is 0 Å². The van der Waals surface area contributed by atoms with E-state index in [9.17, 15) is 4.79 Å². The van der Waals surface area contributed by atoms with Gasteiger partial charge in [-0.1, -0.05) is 12.1 Å². The van der Waals surface area contributed by atoms with E-state index in [1.165, 1.54) is 6.20 Å². The SMILES string of the molecule is O=C(NCCn1ccnc1-c1cnccn1)c1cnc2ccccc2n1. The molecule has 3 aromatic heterocycles. The van der Waals surface area contributed by atoms with Gasteiger partial charge in [-0.05, 0) is 12.1 Å². The number of nitrogens with zero attached hydrogens (tertiary/aromatic N) is 6. The summed E-state index contributed by atoms with van der Waals surface area (Å²) in [5.41, 5.74) is 2.43. The van der Waals surface area contributed by atoms with Crippen molar-refractivity contribution >= 4 is 16.9 Å².